The first-order chi connectivity index (χ1) is 16.9. The van der Waals surface area contributed by atoms with Crippen molar-refractivity contribution in [3.63, 3.8) is 0 Å². The lowest BCUT2D eigenvalue weighted by Crippen LogP contribution is -2.51. The Morgan fingerprint density at radius 3 is 2.17 bits per heavy atom. The fourth-order valence-corrected chi connectivity index (χ4v) is 4.83. The van der Waals surface area contributed by atoms with Crippen molar-refractivity contribution in [2.45, 2.75) is 51.5 Å². The van der Waals surface area contributed by atoms with Gasteiger partial charge in [0.2, 0.25) is 5.91 Å². The van der Waals surface area contributed by atoms with Gasteiger partial charge in [-0.2, -0.15) is 0 Å². The molecule has 1 saturated carbocycles. The van der Waals surface area contributed by atoms with Gasteiger partial charge in [0.05, 0.1) is 5.92 Å². The minimum atomic E-state index is -0.901. The smallest absolute Gasteiger partial charge is 0.407 e. The number of rotatable bonds is 11. The lowest BCUT2D eigenvalue weighted by atomic mass is 9.97. The maximum atomic E-state index is 12.9. The van der Waals surface area contributed by atoms with Crippen molar-refractivity contribution >= 4 is 18.0 Å². The number of carbonyl (C=O) groups excluding carboxylic acids is 2. The Morgan fingerprint density at radius 1 is 1.03 bits per heavy atom. The van der Waals surface area contributed by atoms with Crippen LogP contribution in [-0.4, -0.2) is 42.3 Å². The first-order valence-corrected chi connectivity index (χ1v) is 12.5. The van der Waals surface area contributed by atoms with Crippen LogP contribution in [0.25, 0.3) is 11.1 Å². The van der Waals surface area contributed by atoms with E-state index in [2.05, 4.69) is 34.9 Å². The van der Waals surface area contributed by atoms with E-state index in [0.717, 1.165) is 35.1 Å². The topological polar surface area (TPSA) is 105 Å². The van der Waals surface area contributed by atoms with Gasteiger partial charge < -0.3 is 20.5 Å². The standard InChI is InChI=1S/C28H34N2O5/c1-3-17(2)25(26(31)29-15-19(27(32)33)14-18-12-13-18)30-28(34)35-16-24-22-10-6-4-8-20(22)21-9-5-7-11-23(21)24/h4-11,17-19,24-25H,3,12-16H2,1-2H3,(H,29,31)(H,30,34)(H,32,33)/t17?,19?,25-/m0/s1. The van der Waals surface area contributed by atoms with Crippen LogP contribution in [0.4, 0.5) is 4.79 Å². The summed E-state index contributed by atoms with van der Waals surface area (Å²) in [5.74, 6) is -1.66. The molecule has 0 radical (unpaired) electrons. The molecule has 1 fully saturated rings. The third-order valence-electron chi connectivity index (χ3n) is 7.30. The van der Waals surface area contributed by atoms with Crippen LogP contribution in [0.3, 0.4) is 0 Å². The number of alkyl carbamates (subject to hydrolysis) is 1. The molecule has 186 valence electrons. The van der Waals surface area contributed by atoms with E-state index in [-0.39, 0.29) is 30.9 Å². The van der Waals surface area contributed by atoms with Crippen molar-refractivity contribution in [1.29, 1.82) is 0 Å². The van der Waals surface area contributed by atoms with Crippen molar-refractivity contribution in [1.82, 2.24) is 10.6 Å². The number of hydrogen-bond acceptors (Lipinski definition) is 4. The molecule has 0 heterocycles. The van der Waals surface area contributed by atoms with Crippen LogP contribution in [0.2, 0.25) is 0 Å². The third kappa shape index (κ3) is 5.84. The molecule has 35 heavy (non-hydrogen) atoms. The Morgan fingerprint density at radius 2 is 1.63 bits per heavy atom. The van der Waals surface area contributed by atoms with Crippen molar-refractivity contribution in [2.24, 2.45) is 17.8 Å². The Hall–Kier alpha value is -3.35. The molecule has 4 rings (SSSR count). The summed E-state index contributed by atoms with van der Waals surface area (Å²) in [4.78, 5) is 37.2. The number of carboxylic acid groups (broad SMARTS) is 1. The Labute approximate surface area is 206 Å². The lowest BCUT2D eigenvalue weighted by molar-refractivity contribution is -0.142. The first-order valence-electron chi connectivity index (χ1n) is 12.5. The molecule has 3 atom stereocenters. The van der Waals surface area contributed by atoms with E-state index in [1.165, 1.54) is 0 Å². The summed E-state index contributed by atoms with van der Waals surface area (Å²) in [5.41, 5.74) is 4.53. The van der Waals surface area contributed by atoms with Crippen molar-refractivity contribution in [2.75, 3.05) is 13.2 Å². The molecule has 2 aliphatic rings. The number of fused-ring (bicyclic) bond motifs is 3. The first kappa shape index (κ1) is 24.8. The molecule has 2 unspecified atom stereocenters. The van der Waals surface area contributed by atoms with Crippen LogP contribution in [0, 0.1) is 17.8 Å². The second-order valence-corrected chi connectivity index (χ2v) is 9.79. The van der Waals surface area contributed by atoms with Gasteiger partial charge in [0, 0.05) is 12.5 Å². The van der Waals surface area contributed by atoms with Gasteiger partial charge in [-0.25, -0.2) is 4.79 Å². The predicted molar refractivity (Wildman–Crippen MR) is 133 cm³/mol. The summed E-state index contributed by atoms with van der Waals surface area (Å²) in [7, 11) is 0. The van der Waals surface area contributed by atoms with Crippen molar-refractivity contribution in [3.05, 3.63) is 59.7 Å². The van der Waals surface area contributed by atoms with E-state index in [1.54, 1.807) is 0 Å². The lowest BCUT2D eigenvalue weighted by Gasteiger charge is -2.24. The predicted octanol–water partition coefficient (Wildman–Crippen LogP) is 4.56. The zero-order chi connectivity index (χ0) is 24.9. The molecular weight excluding hydrogens is 444 g/mol. The van der Waals surface area contributed by atoms with Crippen LogP contribution >= 0.6 is 0 Å². The SMILES string of the molecule is CCC(C)[C@H](NC(=O)OCC1c2ccccc2-c2ccccc21)C(=O)NCC(CC1CC1)C(=O)O. The molecule has 2 amide bonds. The highest BCUT2D eigenvalue weighted by molar-refractivity contribution is 5.86. The van der Waals surface area contributed by atoms with Gasteiger partial charge >= 0.3 is 12.1 Å². The molecule has 7 nitrogen and oxygen atoms in total. The van der Waals surface area contributed by atoms with Crippen molar-refractivity contribution < 1.29 is 24.2 Å². The molecule has 0 saturated heterocycles. The van der Waals surface area contributed by atoms with E-state index < -0.39 is 24.0 Å². The minimum Gasteiger partial charge on any atom is -0.481 e. The molecule has 0 aromatic heterocycles. The highest BCUT2D eigenvalue weighted by Crippen LogP contribution is 2.44. The number of benzene rings is 2. The van der Waals surface area contributed by atoms with Crippen LogP contribution < -0.4 is 10.6 Å². The van der Waals surface area contributed by atoms with E-state index in [1.807, 2.05) is 38.1 Å². The van der Waals surface area contributed by atoms with E-state index in [0.29, 0.717) is 18.8 Å². The molecule has 0 aliphatic heterocycles. The maximum absolute atomic E-state index is 12.9. The molecule has 2 aliphatic carbocycles. The third-order valence-corrected chi connectivity index (χ3v) is 7.30. The normalized spacial score (nSPS) is 17.0. The fraction of sp³-hybridized carbons (Fsp3) is 0.464. The zero-order valence-electron chi connectivity index (χ0n) is 20.3. The highest BCUT2D eigenvalue weighted by atomic mass is 16.5. The second kappa shape index (κ2) is 10.9. The largest absolute Gasteiger partial charge is 0.481 e. The van der Waals surface area contributed by atoms with Gasteiger partial charge in [-0.05, 0) is 40.5 Å². The molecule has 7 heteroatoms. The van der Waals surface area contributed by atoms with E-state index in [4.69, 9.17) is 4.74 Å². The zero-order valence-corrected chi connectivity index (χ0v) is 20.3. The quantitative estimate of drug-likeness (QED) is 0.439. The van der Waals surface area contributed by atoms with Gasteiger partial charge in [0.15, 0.2) is 0 Å². The summed E-state index contributed by atoms with van der Waals surface area (Å²) in [6.45, 7) is 4.05. The van der Waals surface area contributed by atoms with Crippen LogP contribution in [-0.2, 0) is 14.3 Å². The van der Waals surface area contributed by atoms with Crippen LogP contribution in [0.15, 0.2) is 48.5 Å². The highest BCUT2D eigenvalue weighted by Gasteiger charge is 2.33. The number of hydrogen-bond donors (Lipinski definition) is 3. The number of aliphatic carboxylic acids is 1. The molecular formula is C28H34N2O5. The Balaban J connectivity index is 1.36. The van der Waals surface area contributed by atoms with Gasteiger partial charge in [0.25, 0.3) is 0 Å². The fourth-order valence-electron chi connectivity index (χ4n) is 4.83. The number of amides is 2. The number of nitrogens with one attached hydrogen (secondary N) is 2. The molecule has 2 aromatic rings. The second-order valence-electron chi connectivity index (χ2n) is 9.79. The summed E-state index contributed by atoms with van der Waals surface area (Å²) in [6.07, 6.45) is 2.70. The minimum absolute atomic E-state index is 0.0595. The molecule has 0 bridgehead atoms. The Kier molecular flexibility index (Phi) is 7.73. The summed E-state index contributed by atoms with van der Waals surface area (Å²) in [5, 5.41) is 15.0. The van der Waals surface area contributed by atoms with Gasteiger partial charge in [-0.3, -0.25) is 9.59 Å². The summed E-state index contributed by atoms with van der Waals surface area (Å²) >= 11 is 0. The molecule has 0 spiro atoms. The maximum Gasteiger partial charge on any atom is 0.407 e. The van der Waals surface area contributed by atoms with Gasteiger partial charge in [-0.15, -0.1) is 0 Å². The number of carboxylic acids is 1. The van der Waals surface area contributed by atoms with Gasteiger partial charge in [0.1, 0.15) is 12.6 Å². The average Bonchev–Trinajstić information content (AvgIpc) is 3.63. The van der Waals surface area contributed by atoms with Gasteiger partial charge in [-0.1, -0.05) is 81.6 Å². The van der Waals surface area contributed by atoms with E-state index >= 15 is 0 Å². The Bertz CT molecular complexity index is 1040. The number of ether oxygens (including phenoxy) is 1. The summed E-state index contributed by atoms with van der Waals surface area (Å²) in [6, 6.07) is 15.4. The van der Waals surface area contributed by atoms with Crippen LogP contribution in [0.1, 0.15) is 56.6 Å². The van der Waals surface area contributed by atoms with Crippen LogP contribution in [0.5, 0.6) is 0 Å². The molecule has 3 N–H and O–H groups in total. The van der Waals surface area contributed by atoms with E-state index in [9.17, 15) is 19.5 Å². The monoisotopic (exact) mass is 478 g/mol. The van der Waals surface area contributed by atoms with Crippen molar-refractivity contribution in [3.8, 4) is 11.1 Å². The average molecular weight is 479 g/mol. The number of carbonyl (C=O) groups is 3. The molecule has 2 aromatic carbocycles. The summed E-state index contributed by atoms with van der Waals surface area (Å²) < 4.78 is 5.62.